The Bertz CT molecular complexity index is 288. The molecular formula is C11H20ClN3O2. The third kappa shape index (κ3) is 4.16. The van der Waals surface area contributed by atoms with Crippen LogP contribution in [0, 0.1) is 0 Å². The van der Waals surface area contributed by atoms with Crippen molar-refractivity contribution < 1.29 is 9.59 Å². The molecule has 0 spiro atoms. The van der Waals surface area contributed by atoms with Crippen LogP contribution in [0.4, 0.5) is 0 Å². The summed E-state index contributed by atoms with van der Waals surface area (Å²) < 4.78 is 0. The summed E-state index contributed by atoms with van der Waals surface area (Å²) >= 11 is 0. The smallest absolute Gasteiger partial charge is 0.239 e. The van der Waals surface area contributed by atoms with Gasteiger partial charge in [-0.25, -0.2) is 0 Å². The fourth-order valence-corrected chi connectivity index (χ4v) is 1.96. The summed E-state index contributed by atoms with van der Waals surface area (Å²) in [5.41, 5.74) is 0. The van der Waals surface area contributed by atoms with Crippen LogP contribution >= 0.6 is 12.4 Å². The number of nitrogens with one attached hydrogen (secondary N) is 2. The second kappa shape index (κ2) is 6.21. The molecule has 6 heteroatoms. The number of halogens is 1. The van der Waals surface area contributed by atoms with Crippen LogP contribution in [0.3, 0.4) is 0 Å². The molecule has 1 saturated heterocycles. The molecule has 17 heavy (non-hydrogen) atoms. The van der Waals surface area contributed by atoms with Gasteiger partial charge < -0.3 is 15.5 Å². The third-order valence-electron chi connectivity index (χ3n) is 3.06. The van der Waals surface area contributed by atoms with E-state index >= 15 is 0 Å². The Labute approximate surface area is 108 Å². The van der Waals surface area contributed by atoms with Crippen LogP contribution in [0.1, 0.15) is 25.7 Å². The zero-order valence-corrected chi connectivity index (χ0v) is 10.9. The van der Waals surface area contributed by atoms with Gasteiger partial charge in [0.05, 0.1) is 12.6 Å². The molecule has 1 saturated carbocycles. The predicted octanol–water partition coefficient (Wildman–Crippen LogP) is -0.103. The maximum atomic E-state index is 11.9. The summed E-state index contributed by atoms with van der Waals surface area (Å²) in [4.78, 5) is 24.9. The Morgan fingerprint density at radius 3 is 2.59 bits per heavy atom. The van der Waals surface area contributed by atoms with Gasteiger partial charge in [0.2, 0.25) is 11.8 Å². The number of amides is 2. The van der Waals surface area contributed by atoms with Crippen molar-refractivity contribution in [2.75, 3.05) is 20.1 Å². The van der Waals surface area contributed by atoms with Crippen LogP contribution in [0.2, 0.25) is 0 Å². The van der Waals surface area contributed by atoms with Crippen molar-refractivity contribution >= 4 is 24.2 Å². The number of hydrogen-bond acceptors (Lipinski definition) is 3. The minimum atomic E-state index is -0.0845. The van der Waals surface area contributed by atoms with Gasteiger partial charge in [-0.05, 0) is 32.2 Å². The molecule has 1 heterocycles. The van der Waals surface area contributed by atoms with Crippen molar-refractivity contribution in [1.82, 2.24) is 15.5 Å². The molecule has 0 bridgehead atoms. The number of carbonyl (C=O) groups is 2. The molecule has 2 amide bonds. The summed E-state index contributed by atoms with van der Waals surface area (Å²) in [6, 6.07) is 0.277. The van der Waals surface area contributed by atoms with Crippen LogP contribution in [0.25, 0.3) is 0 Å². The number of nitrogens with zero attached hydrogens (tertiary/aromatic N) is 1. The number of carbonyl (C=O) groups excluding carboxylic acids is 2. The summed E-state index contributed by atoms with van der Waals surface area (Å²) in [5, 5.41) is 6.02. The molecule has 1 aliphatic carbocycles. The van der Waals surface area contributed by atoms with Crippen molar-refractivity contribution in [3.05, 3.63) is 0 Å². The van der Waals surface area contributed by atoms with Gasteiger partial charge in [0, 0.05) is 13.1 Å². The molecule has 0 unspecified atom stereocenters. The van der Waals surface area contributed by atoms with Gasteiger partial charge in [0.25, 0.3) is 0 Å². The van der Waals surface area contributed by atoms with E-state index in [1.54, 1.807) is 7.05 Å². The lowest BCUT2D eigenvalue weighted by Crippen LogP contribution is -2.46. The minimum absolute atomic E-state index is 0. The average molecular weight is 262 g/mol. The Kier molecular flexibility index (Phi) is 5.21. The molecule has 0 radical (unpaired) electrons. The maximum Gasteiger partial charge on any atom is 0.239 e. The molecule has 98 valence electrons. The maximum absolute atomic E-state index is 11.9. The van der Waals surface area contributed by atoms with Crippen molar-refractivity contribution in [2.45, 2.75) is 37.8 Å². The standard InChI is InChI=1S/C11H19N3O2.ClH/c1-14(7-10(15)13-8-4-5-8)11(16)9-3-2-6-12-9;/h8-9,12H,2-7H2,1H3,(H,13,15);1H/t9-;/m0./s1. The molecule has 2 fully saturated rings. The molecule has 0 aromatic rings. The first kappa shape index (κ1) is 14.3. The lowest BCUT2D eigenvalue weighted by molar-refractivity contribution is -0.136. The quantitative estimate of drug-likeness (QED) is 0.743. The fraction of sp³-hybridized carbons (Fsp3) is 0.818. The molecule has 0 aromatic heterocycles. The summed E-state index contributed by atoms with van der Waals surface area (Å²) in [5.74, 6) is -0.0141. The summed E-state index contributed by atoms with van der Waals surface area (Å²) in [7, 11) is 1.69. The highest BCUT2D eigenvalue weighted by molar-refractivity contribution is 5.87. The van der Waals surface area contributed by atoms with Gasteiger partial charge in [-0.3, -0.25) is 9.59 Å². The molecule has 1 aliphatic heterocycles. The van der Waals surface area contributed by atoms with Crippen LogP contribution < -0.4 is 10.6 Å². The van der Waals surface area contributed by atoms with Crippen molar-refractivity contribution in [1.29, 1.82) is 0 Å². The third-order valence-corrected chi connectivity index (χ3v) is 3.06. The van der Waals surface area contributed by atoms with E-state index < -0.39 is 0 Å². The van der Waals surface area contributed by atoms with E-state index in [1.165, 1.54) is 4.90 Å². The normalized spacial score (nSPS) is 22.8. The molecule has 2 rings (SSSR count). The highest BCUT2D eigenvalue weighted by Crippen LogP contribution is 2.18. The zero-order chi connectivity index (χ0) is 11.5. The Morgan fingerprint density at radius 2 is 2.06 bits per heavy atom. The molecule has 0 aromatic carbocycles. The lowest BCUT2D eigenvalue weighted by Gasteiger charge is -2.20. The largest absolute Gasteiger partial charge is 0.352 e. The van der Waals surface area contributed by atoms with Crippen LogP contribution in [0.15, 0.2) is 0 Å². The fourth-order valence-electron chi connectivity index (χ4n) is 1.96. The second-order valence-corrected chi connectivity index (χ2v) is 4.69. The predicted molar refractivity (Wildman–Crippen MR) is 67.1 cm³/mol. The van der Waals surface area contributed by atoms with Gasteiger partial charge >= 0.3 is 0 Å². The van der Waals surface area contributed by atoms with E-state index in [0.717, 1.165) is 32.2 Å². The molecule has 1 atom stereocenters. The molecule has 2 N–H and O–H groups in total. The average Bonchev–Trinajstić information content (AvgIpc) is 2.89. The van der Waals surface area contributed by atoms with E-state index in [-0.39, 0.29) is 36.8 Å². The number of likely N-dealkylation sites (N-methyl/N-ethyl adjacent to an activating group) is 1. The highest BCUT2D eigenvalue weighted by atomic mass is 35.5. The van der Waals surface area contributed by atoms with Gasteiger partial charge in [0.15, 0.2) is 0 Å². The van der Waals surface area contributed by atoms with Crippen molar-refractivity contribution in [2.24, 2.45) is 0 Å². The first-order valence-electron chi connectivity index (χ1n) is 5.94. The Hall–Kier alpha value is -0.810. The van der Waals surface area contributed by atoms with Gasteiger partial charge in [0.1, 0.15) is 0 Å². The minimum Gasteiger partial charge on any atom is -0.352 e. The number of rotatable bonds is 4. The Balaban J connectivity index is 0.00000144. The van der Waals surface area contributed by atoms with Crippen LogP contribution in [-0.4, -0.2) is 48.9 Å². The van der Waals surface area contributed by atoms with Gasteiger partial charge in [-0.2, -0.15) is 0 Å². The monoisotopic (exact) mass is 261 g/mol. The first-order valence-corrected chi connectivity index (χ1v) is 5.94. The topological polar surface area (TPSA) is 61.4 Å². The number of hydrogen-bond donors (Lipinski definition) is 2. The SMILES string of the molecule is CN(CC(=O)NC1CC1)C(=O)[C@@H]1CCCN1.Cl. The highest BCUT2D eigenvalue weighted by Gasteiger charge is 2.27. The Morgan fingerprint density at radius 1 is 1.35 bits per heavy atom. The first-order chi connectivity index (χ1) is 7.66. The van der Waals surface area contributed by atoms with E-state index in [2.05, 4.69) is 10.6 Å². The zero-order valence-electron chi connectivity index (χ0n) is 10.1. The van der Waals surface area contributed by atoms with Crippen LogP contribution in [-0.2, 0) is 9.59 Å². The lowest BCUT2D eigenvalue weighted by atomic mass is 10.2. The van der Waals surface area contributed by atoms with E-state index in [1.807, 2.05) is 0 Å². The van der Waals surface area contributed by atoms with Gasteiger partial charge in [-0.1, -0.05) is 0 Å². The van der Waals surface area contributed by atoms with Crippen molar-refractivity contribution in [3.8, 4) is 0 Å². The molecule has 2 aliphatic rings. The van der Waals surface area contributed by atoms with Crippen LogP contribution in [0.5, 0.6) is 0 Å². The molecular weight excluding hydrogens is 242 g/mol. The van der Waals surface area contributed by atoms with E-state index in [4.69, 9.17) is 0 Å². The van der Waals surface area contributed by atoms with Gasteiger partial charge in [-0.15, -0.1) is 12.4 Å². The second-order valence-electron chi connectivity index (χ2n) is 4.69. The summed E-state index contributed by atoms with van der Waals surface area (Å²) in [6.45, 7) is 1.08. The van der Waals surface area contributed by atoms with E-state index in [9.17, 15) is 9.59 Å². The van der Waals surface area contributed by atoms with Crippen molar-refractivity contribution in [3.63, 3.8) is 0 Å². The summed E-state index contributed by atoms with van der Waals surface area (Å²) in [6.07, 6.45) is 4.08. The van der Waals surface area contributed by atoms with E-state index in [0.29, 0.717) is 6.04 Å². The molecule has 5 nitrogen and oxygen atoms in total.